The van der Waals surface area contributed by atoms with Crippen molar-refractivity contribution in [2.45, 2.75) is 33.1 Å². The highest BCUT2D eigenvalue weighted by Crippen LogP contribution is 2.24. The highest BCUT2D eigenvalue weighted by molar-refractivity contribution is 5.80. The summed E-state index contributed by atoms with van der Waals surface area (Å²) in [5, 5.41) is 6.30. The molecule has 108 valence electrons. The van der Waals surface area contributed by atoms with Crippen LogP contribution < -0.4 is 10.6 Å². The van der Waals surface area contributed by atoms with Gasteiger partial charge in [-0.05, 0) is 19.4 Å². The topological polar surface area (TPSA) is 36.4 Å². The van der Waals surface area contributed by atoms with Crippen LogP contribution in [-0.4, -0.2) is 25.6 Å². The van der Waals surface area contributed by atoms with Crippen molar-refractivity contribution < 1.29 is 0 Å². The minimum Gasteiger partial charge on any atom is -0.357 e. The third-order valence-corrected chi connectivity index (χ3v) is 3.13. The Labute approximate surface area is 122 Å². The van der Waals surface area contributed by atoms with Crippen LogP contribution in [0.5, 0.6) is 0 Å². The molecule has 1 aromatic carbocycles. The molecule has 1 aromatic rings. The number of nitrogens with zero attached hydrogens (tertiary/aromatic N) is 1. The molecule has 2 N–H and O–H groups in total. The fraction of sp³-hybridized carbons (Fsp3) is 0.471. The van der Waals surface area contributed by atoms with Crippen molar-refractivity contribution in [2.24, 2.45) is 4.99 Å². The van der Waals surface area contributed by atoms with Crippen molar-refractivity contribution >= 4 is 5.96 Å². The Morgan fingerprint density at radius 3 is 2.70 bits per heavy atom. The molecule has 0 aliphatic carbocycles. The van der Waals surface area contributed by atoms with Crippen LogP contribution in [0.25, 0.3) is 0 Å². The lowest BCUT2D eigenvalue weighted by Crippen LogP contribution is -2.38. The third kappa shape index (κ3) is 4.97. The number of terminal acetylenes is 1. The second-order valence-corrected chi connectivity index (χ2v) is 5.51. The zero-order chi connectivity index (χ0) is 15.0. The van der Waals surface area contributed by atoms with Crippen LogP contribution in [-0.2, 0) is 5.41 Å². The minimum atomic E-state index is -0.00941. The van der Waals surface area contributed by atoms with Crippen LogP contribution in [0.1, 0.15) is 31.9 Å². The summed E-state index contributed by atoms with van der Waals surface area (Å²) < 4.78 is 0. The monoisotopic (exact) mass is 271 g/mol. The SMILES string of the molecule is C#CCNC(=NCC(C)(C)c1cccc(C)c1)NCC. The highest BCUT2D eigenvalue weighted by Gasteiger charge is 2.20. The Morgan fingerprint density at radius 1 is 1.35 bits per heavy atom. The number of aliphatic imine (C=N–C) groups is 1. The van der Waals surface area contributed by atoms with Gasteiger partial charge in [0.15, 0.2) is 5.96 Å². The van der Waals surface area contributed by atoms with Crippen LogP contribution in [0.4, 0.5) is 0 Å². The Kier molecular flexibility index (Phi) is 6.11. The highest BCUT2D eigenvalue weighted by atomic mass is 15.2. The molecule has 0 heterocycles. The number of guanidine groups is 1. The van der Waals surface area contributed by atoms with E-state index in [9.17, 15) is 0 Å². The van der Waals surface area contributed by atoms with Gasteiger partial charge >= 0.3 is 0 Å². The number of hydrogen-bond acceptors (Lipinski definition) is 1. The molecular formula is C17H25N3. The fourth-order valence-electron chi connectivity index (χ4n) is 1.91. The lowest BCUT2D eigenvalue weighted by atomic mass is 9.84. The molecule has 3 nitrogen and oxygen atoms in total. The van der Waals surface area contributed by atoms with Crippen molar-refractivity contribution in [1.29, 1.82) is 0 Å². The number of aryl methyl sites for hydroxylation is 1. The summed E-state index contributed by atoms with van der Waals surface area (Å²) in [6.07, 6.45) is 5.27. The first-order valence-corrected chi connectivity index (χ1v) is 7.02. The molecule has 0 aliphatic rings. The minimum absolute atomic E-state index is 0.00941. The van der Waals surface area contributed by atoms with Crippen molar-refractivity contribution in [3.63, 3.8) is 0 Å². The summed E-state index contributed by atoms with van der Waals surface area (Å²) in [6, 6.07) is 8.58. The molecule has 1 rings (SSSR count). The molecule has 20 heavy (non-hydrogen) atoms. The van der Waals surface area contributed by atoms with Gasteiger partial charge in [-0.3, -0.25) is 4.99 Å². The van der Waals surface area contributed by atoms with E-state index in [1.807, 2.05) is 6.92 Å². The van der Waals surface area contributed by atoms with Gasteiger partial charge in [0.1, 0.15) is 0 Å². The number of benzene rings is 1. The van der Waals surface area contributed by atoms with E-state index in [0.29, 0.717) is 13.1 Å². The molecule has 3 heteroatoms. The summed E-state index contributed by atoms with van der Waals surface area (Å²) in [5.74, 6) is 3.33. The molecule has 0 radical (unpaired) electrons. The van der Waals surface area contributed by atoms with Crippen LogP contribution >= 0.6 is 0 Å². The van der Waals surface area contributed by atoms with Gasteiger partial charge in [-0.15, -0.1) is 6.42 Å². The molecule has 0 aromatic heterocycles. The smallest absolute Gasteiger partial charge is 0.192 e. The number of rotatable bonds is 5. The standard InChI is InChI=1S/C17H25N3/c1-6-11-19-16(18-7-2)20-13-17(4,5)15-10-8-9-14(3)12-15/h1,8-10,12H,7,11,13H2,2-5H3,(H2,18,19,20). The Hall–Kier alpha value is -1.95. The quantitative estimate of drug-likeness (QED) is 0.490. The maximum absolute atomic E-state index is 5.27. The number of hydrogen-bond donors (Lipinski definition) is 2. The van der Waals surface area contributed by atoms with Gasteiger partial charge in [-0.2, -0.15) is 0 Å². The second kappa shape index (κ2) is 7.59. The van der Waals surface area contributed by atoms with Gasteiger partial charge in [0.2, 0.25) is 0 Å². The second-order valence-electron chi connectivity index (χ2n) is 5.51. The van der Waals surface area contributed by atoms with E-state index in [1.54, 1.807) is 0 Å². The van der Waals surface area contributed by atoms with Crippen molar-refractivity contribution in [3.05, 3.63) is 35.4 Å². The van der Waals surface area contributed by atoms with Crippen LogP contribution in [0.15, 0.2) is 29.3 Å². The van der Waals surface area contributed by atoms with Gasteiger partial charge in [0.05, 0.1) is 13.1 Å². The van der Waals surface area contributed by atoms with Crippen molar-refractivity contribution in [1.82, 2.24) is 10.6 Å². The Bertz CT molecular complexity index is 495. The molecule has 0 aliphatic heterocycles. The molecule has 0 saturated heterocycles. The Balaban J connectivity index is 2.80. The van der Waals surface area contributed by atoms with Gasteiger partial charge in [-0.25, -0.2) is 0 Å². The largest absolute Gasteiger partial charge is 0.357 e. The average molecular weight is 271 g/mol. The number of nitrogens with one attached hydrogen (secondary N) is 2. The van der Waals surface area contributed by atoms with E-state index < -0.39 is 0 Å². The average Bonchev–Trinajstić information content (AvgIpc) is 2.42. The summed E-state index contributed by atoms with van der Waals surface area (Å²) in [5.41, 5.74) is 2.57. The summed E-state index contributed by atoms with van der Waals surface area (Å²) in [6.45, 7) is 10.6. The van der Waals surface area contributed by atoms with Gasteiger partial charge in [0, 0.05) is 12.0 Å². The first-order chi connectivity index (χ1) is 9.49. The van der Waals surface area contributed by atoms with Crippen LogP contribution in [0.2, 0.25) is 0 Å². The molecule has 0 amide bonds. The molecule has 0 atom stereocenters. The normalized spacial score (nSPS) is 11.8. The van der Waals surface area contributed by atoms with E-state index in [1.165, 1.54) is 11.1 Å². The maximum Gasteiger partial charge on any atom is 0.192 e. The van der Waals surface area contributed by atoms with Gasteiger partial charge < -0.3 is 10.6 Å². The van der Waals surface area contributed by atoms with Crippen LogP contribution in [0, 0.1) is 19.3 Å². The lowest BCUT2D eigenvalue weighted by Gasteiger charge is -2.24. The van der Waals surface area contributed by atoms with Crippen LogP contribution in [0.3, 0.4) is 0 Å². The predicted molar refractivity (Wildman–Crippen MR) is 87.0 cm³/mol. The maximum atomic E-state index is 5.27. The molecule has 0 saturated carbocycles. The molecule has 0 unspecified atom stereocenters. The van der Waals surface area contributed by atoms with Crippen molar-refractivity contribution in [3.8, 4) is 12.3 Å². The zero-order valence-corrected chi connectivity index (χ0v) is 13.0. The third-order valence-electron chi connectivity index (χ3n) is 3.13. The van der Waals surface area contributed by atoms with E-state index in [4.69, 9.17) is 6.42 Å². The first kappa shape index (κ1) is 16.1. The molecule has 0 spiro atoms. The Morgan fingerprint density at radius 2 is 2.10 bits per heavy atom. The predicted octanol–water partition coefficient (Wildman–Crippen LogP) is 2.46. The van der Waals surface area contributed by atoms with E-state index in [2.05, 4.69) is 66.6 Å². The summed E-state index contributed by atoms with van der Waals surface area (Å²) in [4.78, 5) is 4.63. The first-order valence-electron chi connectivity index (χ1n) is 7.02. The van der Waals surface area contributed by atoms with E-state index in [0.717, 1.165) is 12.5 Å². The van der Waals surface area contributed by atoms with Crippen molar-refractivity contribution in [2.75, 3.05) is 19.6 Å². The van der Waals surface area contributed by atoms with E-state index in [-0.39, 0.29) is 5.41 Å². The molecule has 0 bridgehead atoms. The van der Waals surface area contributed by atoms with Gasteiger partial charge in [-0.1, -0.05) is 49.6 Å². The lowest BCUT2D eigenvalue weighted by molar-refractivity contribution is 0.537. The summed E-state index contributed by atoms with van der Waals surface area (Å²) in [7, 11) is 0. The fourth-order valence-corrected chi connectivity index (χ4v) is 1.91. The summed E-state index contributed by atoms with van der Waals surface area (Å²) >= 11 is 0. The molecular weight excluding hydrogens is 246 g/mol. The van der Waals surface area contributed by atoms with E-state index >= 15 is 0 Å². The molecule has 0 fully saturated rings. The zero-order valence-electron chi connectivity index (χ0n) is 13.0. The van der Waals surface area contributed by atoms with Gasteiger partial charge in [0.25, 0.3) is 0 Å².